The fourth-order valence-electron chi connectivity index (χ4n) is 4.27. The second-order valence-corrected chi connectivity index (χ2v) is 7.72. The van der Waals surface area contributed by atoms with Gasteiger partial charge < -0.3 is 15.2 Å². The highest BCUT2D eigenvalue weighted by atomic mass is 16.5. The van der Waals surface area contributed by atoms with Crippen LogP contribution in [0.25, 0.3) is 11.4 Å². The maximum absolute atomic E-state index is 11.4. The number of nitrogens with two attached hydrogens (primary N) is 1. The summed E-state index contributed by atoms with van der Waals surface area (Å²) in [5.74, 6) is 1.96. The molecule has 2 aliphatic rings. The Morgan fingerprint density at radius 2 is 2.11 bits per heavy atom. The van der Waals surface area contributed by atoms with E-state index in [0.29, 0.717) is 11.7 Å². The highest BCUT2D eigenvalue weighted by Crippen LogP contribution is 2.32. The van der Waals surface area contributed by atoms with Crippen LogP contribution in [0.5, 0.6) is 0 Å². The number of hydrogen-bond donors (Lipinski definition) is 1. The molecule has 0 spiro atoms. The van der Waals surface area contributed by atoms with Gasteiger partial charge >= 0.3 is 0 Å². The van der Waals surface area contributed by atoms with E-state index in [1.54, 1.807) is 6.20 Å². The Morgan fingerprint density at radius 1 is 1.29 bits per heavy atom. The topological polar surface area (TPSA) is 101 Å². The number of amides is 1. The normalized spacial score (nSPS) is 21.3. The summed E-state index contributed by atoms with van der Waals surface area (Å²) >= 11 is 0. The molecular weight excluding hydrogens is 356 g/mol. The van der Waals surface area contributed by atoms with Crippen molar-refractivity contribution in [2.24, 2.45) is 11.7 Å². The smallest absolute Gasteiger partial charge is 0.244 e. The van der Waals surface area contributed by atoms with Crippen LogP contribution in [0, 0.1) is 5.92 Å². The van der Waals surface area contributed by atoms with Gasteiger partial charge in [0.05, 0.1) is 6.04 Å². The summed E-state index contributed by atoms with van der Waals surface area (Å²) in [4.78, 5) is 25.2. The Labute approximate surface area is 165 Å². The van der Waals surface area contributed by atoms with Crippen molar-refractivity contribution < 1.29 is 9.32 Å². The van der Waals surface area contributed by atoms with Gasteiger partial charge in [0.1, 0.15) is 5.82 Å². The molecule has 1 amide bonds. The summed E-state index contributed by atoms with van der Waals surface area (Å²) in [7, 11) is 0. The summed E-state index contributed by atoms with van der Waals surface area (Å²) in [5, 5.41) is 4.23. The van der Waals surface area contributed by atoms with Gasteiger partial charge in [-0.1, -0.05) is 12.1 Å². The molecule has 0 saturated carbocycles. The first kappa shape index (κ1) is 18.9. The molecule has 8 nitrogen and oxygen atoms in total. The Bertz CT molecular complexity index is 815. The van der Waals surface area contributed by atoms with E-state index < -0.39 is 0 Å². The van der Waals surface area contributed by atoms with Crippen LogP contribution < -0.4 is 10.6 Å². The predicted octanol–water partition coefficient (Wildman–Crippen LogP) is 2.38. The van der Waals surface area contributed by atoms with E-state index in [1.807, 2.05) is 12.1 Å². The van der Waals surface area contributed by atoms with Crippen LogP contribution >= 0.6 is 0 Å². The molecule has 0 aliphatic carbocycles. The summed E-state index contributed by atoms with van der Waals surface area (Å²) in [6.07, 6.45) is 6.67. The van der Waals surface area contributed by atoms with Gasteiger partial charge in [0.2, 0.25) is 17.6 Å². The van der Waals surface area contributed by atoms with Crippen molar-refractivity contribution in [3.05, 3.63) is 24.2 Å². The number of primary amides is 1. The number of pyridine rings is 1. The van der Waals surface area contributed by atoms with Crippen LogP contribution in [0.2, 0.25) is 0 Å². The minimum atomic E-state index is -0.204. The minimum Gasteiger partial charge on any atom is -0.369 e. The molecule has 0 aromatic carbocycles. The molecule has 2 aromatic rings. The largest absolute Gasteiger partial charge is 0.369 e. The summed E-state index contributed by atoms with van der Waals surface area (Å²) in [5.41, 5.74) is 6.33. The van der Waals surface area contributed by atoms with E-state index in [-0.39, 0.29) is 17.9 Å². The molecule has 2 aliphatic heterocycles. The van der Waals surface area contributed by atoms with Gasteiger partial charge in [-0.2, -0.15) is 4.98 Å². The van der Waals surface area contributed by atoms with Crippen molar-refractivity contribution in [1.29, 1.82) is 0 Å². The lowest BCUT2D eigenvalue weighted by molar-refractivity contribution is -0.122. The number of aromatic nitrogens is 3. The number of rotatable bonds is 6. The number of anilines is 1. The molecule has 150 valence electrons. The van der Waals surface area contributed by atoms with E-state index in [2.05, 4.69) is 31.8 Å². The summed E-state index contributed by atoms with van der Waals surface area (Å²) in [6, 6.07) is 4.14. The van der Waals surface area contributed by atoms with E-state index in [4.69, 9.17) is 10.3 Å². The fourth-order valence-corrected chi connectivity index (χ4v) is 4.27. The van der Waals surface area contributed by atoms with Crippen molar-refractivity contribution in [3.8, 4) is 11.4 Å². The van der Waals surface area contributed by atoms with Gasteiger partial charge in [0, 0.05) is 30.8 Å². The highest BCUT2D eigenvalue weighted by Gasteiger charge is 2.30. The van der Waals surface area contributed by atoms with Crippen LogP contribution in [0.15, 0.2) is 22.9 Å². The third-order valence-corrected chi connectivity index (χ3v) is 5.83. The van der Waals surface area contributed by atoms with Crippen molar-refractivity contribution in [3.63, 3.8) is 0 Å². The third kappa shape index (κ3) is 3.87. The average molecular weight is 384 g/mol. The standard InChI is InChI=1S/C20H28N6O2/c1-2-9-25-10-3-4-16(25)20-23-19(24-28-20)15-5-8-22-17(13-15)26-11-6-14(7-12-26)18(21)27/h5,8,13-14,16H,2-4,6-7,9-12H2,1H3,(H2,21,27). The lowest BCUT2D eigenvalue weighted by Crippen LogP contribution is -2.38. The van der Waals surface area contributed by atoms with Gasteiger partial charge in [-0.25, -0.2) is 4.98 Å². The van der Waals surface area contributed by atoms with Crippen LogP contribution in [0.4, 0.5) is 5.82 Å². The van der Waals surface area contributed by atoms with E-state index >= 15 is 0 Å². The zero-order valence-electron chi connectivity index (χ0n) is 16.4. The van der Waals surface area contributed by atoms with Crippen LogP contribution in [-0.4, -0.2) is 52.1 Å². The monoisotopic (exact) mass is 384 g/mol. The Balaban J connectivity index is 1.48. The number of nitrogens with zero attached hydrogens (tertiary/aromatic N) is 5. The zero-order chi connectivity index (χ0) is 19.5. The molecule has 8 heteroatoms. The van der Waals surface area contributed by atoms with Crippen LogP contribution in [0.1, 0.15) is 51.0 Å². The minimum absolute atomic E-state index is 0.0309. The maximum Gasteiger partial charge on any atom is 0.244 e. The molecule has 28 heavy (non-hydrogen) atoms. The Morgan fingerprint density at radius 3 is 2.86 bits per heavy atom. The molecular formula is C20H28N6O2. The SMILES string of the molecule is CCCN1CCCC1c1nc(-c2ccnc(N3CCC(C(N)=O)CC3)c2)no1. The lowest BCUT2D eigenvalue weighted by atomic mass is 9.96. The van der Waals surface area contributed by atoms with Crippen molar-refractivity contribution >= 4 is 11.7 Å². The second kappa shape index (κ2) is 8.26. The number of likely N-dealkylation sites (tertiary alicyclic amines) is 1. The molecule has 0 radical (unpaired) electrons. The summed E-state index contributed by atoms with van der Waals surface area (Å²) < 4.78 is 5.62. The van der Waals surface area contributed by atoms with Crippen LogP contribution in [-0.2, 0) is 4.79 Å². The molecule has 4 heterocycles. The van der Waals surface area contributed by atoms with E-state index in [0.717, 1.165) is 63.2 Å². The lowest BCUT2D eigenvalue weighted by Gasteiger charge is -2.31. The van der Waals surface area contributed by atoms with E-state index in [9.17, 15) is 4.79 Å². The first-order valence-electron chi connectivity index (χ1n) is 10.2. The van der Waals surface area contributed by atoms with Gasteiger partial charge in [-0.15, -0.1) is 0 Å². The number of carbonyl (C=O) groups is 1. The van der Waals surface area contributed by atoms with Crippen molar-refractivity contribution in [2.75, 3.05) is 31.1 Å². The van der Waals surface area contributed by atoms with Gasteiger partial charge in [-0.3, -0.25) is 9.69 Å². The Kier molecular flexibility index (Phi) is 5.57. The first-order valence-corrected chi connectivity index (χ1v) is 10.2. The molecule has 0 bridgehead atoms. The summed E-state index contributed by atoms with van der Waals surface area (Å²) in [6.45, 7) is 5.89. The molecule has 2 fully saturated rings. The van der Waals surface area contributed by atoms with Crippen molar-refractivity contribution in [2.45, 2.75) is 45.1 Å². The first-order chi connectivity index (χ1) is 13.7. The number of piperidine rings is 1. The number of hydrogen-bond acceptors (Lipinski definition) is 7. The average Bonchev–Trinajstić information content (AvgIpc) is 3.38. The molecule has 4 rings (SSSR count). The molecule has 1 atom stereocenters. The quantitative estimate of drug-likeness (QED) is 0.816. The second-order valence-electron chi connectivity index (χ2n) is 7.72. The molecule has 2 aromatic heterocycles. The zero-order valence-corrected chi connectivity index (χ0v) is 16.4. The Hall–Kier alpha value is -2.48. The van der Waals surface area contributed by atoms with E-state index in [1.165, 1.54) is 6.42 Å². The molecule has 2 saturated heterocycles. The molecule has 1 unspecified atom stereocenters. The maximum atomic E-state index is 11.4. The molecule has 2 N–H and O–H groups in total. The predicted molar refractivity (Wildman–Crippen MR) is 105 cm³/mol. The number of carbonyl (C=O) groups excluding carboxylic acids is 1. The van der Waals surface area contributed by atoms with Crippen LogP contribution in [0.3, 0.4) is 0 Å². The van der Waals surface area contributed by atoms with Gasteiger partial charge in [-0.05, 0) is 57.3 Å². The highest BCUT2D eigenvalue weighted by molar-refractivity contribution is 5.77. The van der Waals surface area contributed by atoms with Gasteiger partial charge in [0.25, 0.3) is 0 Å². The van der Waals surface area contributed by atoms with Crippen molar-refractivity contribution in [1.82, 2.24) is 20.0 Å². The van der Waals surface area contributed by atoms with Gasteiger partial charge in [0.15, 0.2) is 0 Å². The third-order valence-electron chi connectivity index (χ3n) is 5.83. The fraction of sp³-hybridized carbons (Fsp3) is 0.600.